The van der Waals surface area contributed by atoms with E-state index in [1.807, 2.05) is 51.1 Å². The lowest BCUT2D eigenvalue weighted by Gasteiger charge is -2.19. The molecule has 0 radical (unpaired) electrons. The van der Waals surface area contributed by atoms with E-state index in [9.17, 15) is 9.59 Å². The monoisotopic (exact) mass is 702 g/mol. The average molecular weight is 703 g/mol. The Balaban J connectivity index is 0.000000646. The summed E-state index contributed by atoms with van der Waals surface area (Å²) >= 11 is 0. The molecule has 15 heteroatoms. The Morgan fingerprint density at radius 1 is 0.673 bits per heavy atom. The Hall–Kier alpha value is -5.05. The largest absolute Gasteiger partial charge is 0.444 e. The van der Waals surface area contributed by atoms with Crippen molar-refractivity contribution in [3.63, 3.8) is 0 Å². The molecule has 0 aliphatic heterocycles. The number of nitrogens with one attached hydrogen (secondary N) is 2. The minimum Gasteiger partial charge on any atom is -0.444 e. The fraction of sp³-hybridized carbons (Fsp3) is 0.353. The SMILES string of the molecule is CC(C)(C)OC(=O)NCc1ccc[n+](O)c1.CC(C)(C)OC(=O)NCc1cccnc1.Cl.NCc1ccc[n+](O)c1.NCc1cccnc1. The van der Waals surface area contributed by atoms with Crippen LogP contribution in [0.4, 0.5) is 9.59 Å². The molecule has 268 valence electrons. The molecule has 0 spiro atoms. The number of carbonyl (C=O) groups excluding carboxylic acids is 2. The summed E-state index contributed by atoms with van der Waals surface area (Å²) in [6, 6.07) is 14.6. The number of amides is 2. The topological polar surface area (TPSA) is 203 Å². The molecule has 4 heterocycles. The molecule has 0 aliphatic carbocycles. The van der Waals surface area contributed by atoms with Crippen LogP contribution in [0, 0.1) is 0 Å². The third-order valence-electron chi connectivity index (χ3n) is 5.28. The molecule has 0 saturated carbocycles. The molecule has 0 bridgehead atoms. The molecule has 0 aliphatic rings. The van der Waals surface area contributed by atoms with Gasteiger partial charge in [0.1, 0.15) is 11.2 Å². The third-order valence-corrected chi connectivity index (χ3v) is 5.28. The number of hydrogen-bond acceptors (Lipinski definition) is 10. The maximum Gasteiger partial charge on any atom is 0.407 e. The predicted molar refractivity (Wildman–Crippen MR) is 185 cm³/mol. The number of alkyl carbamates (subject to hydrolysis) is 2. The van der Waals surface area contributed by atoms with Crippen LogP contribution < -0.4 is 31.6 Å². The first-order valence-electron chi connectivity index (χ1n) is 15.1. The van der Waals surface area contributed by atoms with Crippen molar-refractivity contribution in [2.75, 3.05) is 0 Å². The summed E-state index contributed by atoms with van der Waals surface area (Å²) in [6.07, 6.45) is 12.1. The molecule has 14 nitrogen and oxygen atoms in total. The van der Waals surface area contributed by atoms with E-state index in [1.165, 1.54) is 12.4 Å². The second-order valence-electron chi connectivity index (χ2n) is 12.0. The van der Waals surface area contributed by atoms with Crippen LogP contribution in [0.5, 0.6) is 0 Å². The normalized spacial score (nSPS) is 10.1. The van der Waals surface area contributed by atoms with E-state index >= 15 is 0 Å². The van der Waals surface area contributed by atoms with Gasteiger partial charge in [0, 0.05) is 77.1 Å². The number of aromatic nitrogens is 4. The molecule has 0 unspecified atom stereocenters. The van der Waals surface area contributed by atoms with Crippen molar-refractivity contribution in [2.24, 2.45) is 11.5 Å². The second kappa shape index (κ2) is 23.3. The van der Waals surface area contributed by atoms with Gasteiger partial charge in [-0.1, -0.05) is 12.1 Å². The van der Waals surface area contributed by atoms with Gasteiger partial charge in [0.2, 0.25) is 24.8 Å². The highest BCUT2D eigenvalue weighted by Gasteiger charge is 2.16. The highest BCUT2D eigenvalue weighted by Crippen LogP contribution is 2.07. The fourth-order valence-electron chi connectivity index (χ4n) is 3.25. The van der Waals surface area contributed by atoms with Crippen LogP contribution in [-0.4, -0.2) is 43.8 Å². The standard InChI is InChI=1S/C11H16N2O3.C11H16N2O2.C6H9N2O.C6H8N2.ClH/c1-11(2,3)16-10(14)12-7-9-5-4-6-13(15)8-9;1-11(2,3)15-10(14)13-8-9-5-4-6-12-7-9;7-4-6-2-1-3-8(9)5-6;7-4-6-2-1-3-8-5-6;/h4-6,8H,7H2,1-3H3,(H-,12,14,15);4-7H,8H2,1-3H3,(H,13,14);1-3,5,9H,4,7H2;1-3,5H,4,7H2;1H/q;;+1;;/p+1. The van der Waals surface area contributed by atoms with Crippen LogP contribution in [-0.2, 0) is 35.7 Å². The first-order valence-corrected chi connectivity index (χ1v) is 15.1. The van der Waals surface area contributed by atoms with Crippen molar-refractivity contribution in [1.82, 2.24) is 20.6 Å². The van der Waals surface area contributed by atoms with Gasteiger partial charge in [-0.2, -0.15) is 0 Å². The van der Waals surface area contributed by atoms with Crippen LogP contribution in [0.25, 0.3) is 0 Å². The van der Waals surface area contributed by atoms with Gasteiger partial charge in [-0.25, -0.2) is 9.59 Å². The molecule has 4 aromatic rings. The number of pyridine rings is 4. The van der Waals surface area contributed by atoms with E-state index < -0.39 is 23.4 Å². The van der Waals surface area contributed by atoms with Crippen LogP contribution in [0.3, 0.4) is 0 Å². The van der Waals surface area contributed by atoms with Crippen molar-refractivity contribution < 1.29 is 38.9 Å². The van der Waals surface area contributed by atoms with Gasteiger partial charge in [-0.3, -0.25) is 20.4 Å². The summed E-state index contributed by atoms with van der Waals surface area (Å²) in [5.41, 5.74) is 13.4. The fourth-order valence-corrected chi connectivity index (χ4v) is 3.25. The quantitative estimate of drug-likeness (QED) is 0.126. The van der Waals surface area contributed by atoms with Crippen molar-refractivity contribution in [1.29, 1.82) is 0 Å². The van der Waals surface area contributed by atoms with Crippen molar-refractivity contribution in [3.8, 4) is 0 Å². The second-order valence-corrected chi connectivity index (χ2v) is 12.0. The highest BCUT2D eigenvalue weighted by molar-refractivity contribution is 5.85. The first-order chi connectivity index (χ1) is 22.6. The number of nitrogens with zero attached hydrogens (tertiary/aromatic N) is 4. The number of ether oxygens (including phenoxy) is 2. The van der Waals surface area contributed by atoms with E-state index in [-0.39, 0.29) is 12.4 Å². The molecular weight excluding hydrogens is 652 g/mol. The van der Waals surface area contributed by atoms with Crippen molar-refractivity contribution in [3.05, 3.63) is 120 Å². The number of nitrogens with two attached hydrogens (primary N) is 2. The maximum atomic E-state index is 11.3. The minimum absolute atomic E-state index is 0. The number of rotatable bonds is 6. The van der Waals surface area contributed by atoms with E-state index in [0.717, 1.165) is 31.7 Å². The molecule has 4 aromatic heterocycles. The molecular formula is C34H51ClN8O6+2. The minimum atomic E-state index is -0.502. The number of halogens is 1. The zero-order valence-electron chi connectivity index (χ0n) is 28.9. The smallest absolute Gasteiger partial charge is 0.407 e. The lowest BCUT2D eigenvalue weighted by molar-refractivity contribution is -0.905. The average Bonchev–Trinajstić information content (AvgIpc) is 3.03. The molecule has 0 aromatic carbocycles. The van der Waals surface area contributed by atoms with Gasteiger partial charge in [0.25, 0.3) is 0 Å². The Morgan fingerprint density at radius 2 is 1.06 bits per heavy atom. The summed E-state index contributed by atoms with van der Waals surface area (Å²) in [5.74, 6) is 0. The molecule has 0 atom stereocenters. The highest BCUT2D eigenvalue weighted by atomic mass is 35.5. The molecule has 8 N–H and O–H groups in total. The maximum absolute atomic E-state index is 11.3. The third kappa shape index (κ3) is 23.9. The number of carbonyl (C=O) groups is 2. The van der Waals surface area contributed by atoms with Gasteiger partial charge in [0.05, 0.1) is 6.54 Å². The molecule has 0 fully saturated rings. The van der Waals surface area contributed by atoms with Crippen molar-refractivity contribution >= 4 is 24.6 Å². The van der Waals surface area contributed by atoms with Crippen molar-refractivity contribution in [2.45, 2.75) is 78.9 Å². The van der Waals surface area contributed by atoms with Crippen LogP contribution in [0.2, 0.25) is 0 Å². The van der Waals surface area contributed by atoms with Gasteiger partial charge in [0.15, 0.2) is 0 Å². The Labute approximate surface area is 294 Å². The van der Waals surface area contributed by atoms with E-state index in [2.05, 4.69) is 20.6 Å². The lowest BCUT2D eigenvalue weighted by atomic mass is 10.2. The van der Waals surface area contributed by atoms with Crippen LogP contribution in [0.15, 0.2) is 98.1 Å². The van der Waals surface area contributed by atoms with Gasteiger partial charge in [-0.15, -0.1) is 12.4 Å². The summed E-state index contributed by atoms with van der Waals surface area (Å²) in [6.45, 7) is 12.7. The Morgan fingerprint density at radius 3 is 1.41 bits per heavy atom. The summed E-state index contributed by atoms with van der Waals surface area (Å²) < 4.78 is 12.1. The van der Waals surface area contributed by atoms with Crippen LogP contribution in [0.1, 0.15) is 63.8 Å². The predicted octanol–water partition coefficient (Wildman–Crippen LogP) is 3.97. The Bertz CT molecular complexity index is 1490. The zero-order chi connectivity index (χ0) is 36.0. The summed E-state index contributed by atoms with van der Waals surface area (Å²) in [4.78, 5) is 30.4. The van der Waals surface area contributed by atoms with Crippen LogP contribution >= 0.6 is 12.4 Å². The van der Waals surface area contributed by atoms with E-state index in [0.29, 0.717) is 26.2 Å². The molecule has 4 rings (SSSR count). The Kier molecular flexibility index (Phi) is 20.9. The molecule has 2 amide bonds. The van der Waals surface area contributed by atoms with Gasteiger partial charge < -0.3 is 31.6 Å². The summed E-state index contributed by atoms with van der Waals surface area (Å²) in [5, 5.41) is 23.2. The number of hydrogen-bond donors (Lipinski definition) is 6. The van der Waals surface area contributed by atoms with Gasteiger partial charge in [-0.05, 0) is 76.9 Å². The summed E-state index contributed by atoms with van der Waals surface area (Å²) in [7, 11) is 0. The van der Waals surface area contributed by atoms with E-state index in [1.54, 1.807) is 76.2 Å². The zero-order valence-corrected chi connectivity index (χ0v) is 29.8. The van der Waals surface area contributed by atoms with Gasteiger partial charge >= 0.3 is 12.2 Å². The molecule has 0 saturated heterocycles. The lowest BCUT2D eigenvalue weighted by Crippen LogP contribution is -2.33. The molecule has 49 heavy (non-hydrogen) atoms. The van der Waals surface area contributed by atoms with E-state index in [4.69, 9.17) is 31.4 Å². The first kappa shape index (κ1) is 43.9.